The molecule has 40 heavy (non-hydrogen) atoms. The first-order chi connectivity index (χ1) is 19.2. The number of benzene rings is 2. The fraction of sp³-hybridized carbons (Fsp3) is 0.438. The van der Waals surface area contributed by atoms with Gasteiger partial charge in [-0.1, -0.05) is 74.2 Å². The second-order valence-electron chi connectivity index (χ2n) is 10.7. The van der Waals surface area contributed by atoms with Gasteiger partial charge in [0.2, 0.25) is 5.91 Å². The van der Waals surface area contributed by atoms with Gasteiger partial charge in [0.05, 0.1) is 4.90 Å². The first-order valence-electron chi connectivity index (χ1n) is 14.3. The summed E-state index contributed by atoms with van der Waals surface area (Å²) >= 11 is 0. The van der Waals surface area contributed by atoms with Crippen molar-refractivity contribution in [2.24, 2.45) is 0 Å². The molecule has 1 aliphatic rings. The highest BCUT2D eigenvalue weighted by Crippen LogP contribution is 2.38. The molecule has 1 N–H and O–H groups in total. The zero-order chi connectivity index (χ0) is 28.9. The Kier molecular flexibility index (Phi) is 9.51. The SMILES string of the molecule is C=CC(CCCCCC)c1ccc(-c2ccccc2S(=O)(=O)Nc2noc(C)c2C)c(CN2CCCC2=O)c1C. The number of sulfonamides is 1. The number of hydrogen-bond acceptors (Lipinski definition) is 5. The Balaban J connectivity index is 1.80. The summed E-state index contributed by atoms with van der Waals surface area (Å²) in [6.45, 7) is 13.1. The molecular formula is C32H41N3O4S. The number of anilines is 1. The zero-order valence-corrected chi connectivity index (χ0v) is 24.9. The van der Waals surface area contributed by atoms with Gasteiger partial charge in [0, 0.05) is 36.6 Å². The van der Waals surface area contributed by atoms with Gasteiger partial charge in [-0.2, -0.15) is 0 Å². The lowest BCUT2D eigenvalue weighted by Gasteiger charge is -2.25. The third-order valence-electron chi connectivity index (χ3n) is 8.07. The van der Waals surface area contributed by atoms with Gasteiger partial charge in [0.1, 0.15) is 5.76 Å². The fourth-order valence-electron chi connectivity index (χ4n) is 5.50. The van der Waals surface area contributed by atoms with Crippen LogP contribution in [0, 0.1) is 20.8 Å². The topological polar surface area (TPSA) is 92.5 Å². The molecule has 1 amide bonds. The van der Waals surface area contributed by atoms with E-state index in [0.29, 0.717) is 36.4 Å². The van der Waals surface area contributed by atoms with Crippen LogP contribution in [-0.4, -0.2) is 30.9 Å². The van der Waals surface area contributed by atoms with Crippen molar-refractivity contribution < 1.29 is 17.7 Å². The van der Waals surface area contributed by atoms with Crippen LogP contribution in [0.5, 0.6) is 0 Å². The molecule has 1 unspecified atom stereocenters. The molecule has 1 fully saturated rings. The summed E-state index contributed by atoms with van der Waals surface area (Å²) in [6.07, 6.45) is 9.14. The number of aryl methyl sites for hydroxylation is 1. The Hall–Kier alpha value is -3.39. The first kappa shape index (κ1) is 29.6. The van der Waals surface area contributed by atoms with Gasteiger partial charge in [-0.3, -0.25) is 9.52 Å². The van der Waals surface area contributed by atoms with Gasteiger partial charge in [-0.05, 0) is 61.9 Å². The Labute approximate surface area is 238 Å². The standard InChI is InChI=1S/C32H41N3O4S/c1-6-8-9-10-14-25(7-2)26-18-19-27(29(23(26)4)21-35-20-13-17-31(35)36)28-15-11-12-16-30(28)40(37,38)34-32-22(3)24(5)39-33-32/h7,11-12,15-16,18-19,25H,2,6,8-10,13-14,17,20-21H2,1,3-5H3,(H,33,34). The molecule has 0 spiro atoms. The molecule has 7 nitrogen and oxygen atoms in total. The number of amides is 1. The minimum atomic E-state index is -3.99. The maximum absolute atomic E-state index is 13.7. The van der Waals surface area contributed by atoms with Crippen molar-refractivity contribution in [1.29, 1.82) is 0 Å². The molecule has 214 valence electrons. The predicted octanol–water partition coefficient (Wildman–Crippen LogP) is 7.43. The molecule has 1 saturated heterocycles. The molecule has 2 heterocycles. The quantitative estimate of drug-likeness (QED) is 0.172. The van der Waals surface area contributed by atoms with Crippen LogP contribution in [0.2, 0.25) is 0 Å². The first-order valence-corrected chi connectivity index (χ1v) is 15.7. The summed E-state index contributed by atoms with van der Waals surface area (Å²) in [4.78, 5) is 14.7. The minimum absolute atomic E-state index is 0.134. The number of nitrogens with one attached hydrogen (secondary N) is 1. The maximum atomic E-state index is 13.7. The summed E-state index contributed by atoms with van der Waals surface area (Å²) in [5.41, 5.74) is 5.28. The minimum Gasteiger partial charge on any atom is -0.359 e. The summed E-state index contributed by atoms with van der Waals surface area (Å²) in [5.74, 6) is 1.06. The number of hydrogen-bond donors (Lipinski definition) is 1. The Bertz CT molecular complexity index is 1480. The third-order valence-corrected chi connectivity index (χ3v) is 9.47. The van der Waals surface area contributed by atoms with Crippen LogP contribution in [0.3, 0.4) is 0 Å². The van der Waals surface area contributed by atoms with E-state index in [1.165, 1.54) is 24.8 Å². The van der Waals surface area contributed by atoms with E-state index in [0.717, 1.165) is 36.0 Å². The number of carbonyl (C=O) groups excluding carboxylic acids is 1. The average molecular weight is 564 g/mol. The molecule has 0 bridgehead atoms. The van der Waals surface area contributed by atoms with Crippen LogP contribution in [0.25, 0.3) is 11.1 Å². The lowest BCUT2D eigenvalue weighted by molar-refractivity contribution is -0.128. The Morgan fingerprint density at radius 3 is 2.50 bits per heavy atom. The number of unbranched alkanes of at least 4 members (excludes halogenated alkanes) is 3. The van der Waals surface area contributed by atoms with Crippen LogP contribution in [0.15, 0.2) is 58.5 Å². The molecule has 2 aromatic carbocycles. The van der Waals surface area contributed by atoms with Gasteiger partial charge in [-0.25, -0.2) is 8.42 Å². The highest BCUT2D eigenvalue weighted by Gasteiger charge is 2.27. The van der Waals surface area contributed by atoms with E-state index in [1.807, 2.05) is 29.2 Å². The predicted molar refractivity (Wildman–Crippen MR) is 160 cm³/mol. The van der Waals surface area contributed by atoms with Crippen molar-refractivity contribution in [1.82, 2.24) is 10.1 Å². The number of rotatable bonds is 13. The number of allylic oxidation sites excluding steroid dienone is 1. The normalized spacial score (nSPS) is 14.5. The smallest absolute Gasteiger partial charge is 0.263 e. The van der Waals surface area contributed by atoms with Gasteiger partial charge >= 0.3 is 0 Å². The molecule has 0 radical (unpaired) electrons. The molecule has 0 saturated carbocycles. The lowest BCUT2D eigenvalue weighted by Crippen LogP contribution is -2.25. The molecule has 1 atom stereocenters. The second-order valence-corrected chi connectivity index (χ2v) is 12.4. The highest BCUT2D eigenvalue weighted by atomic mass is 32.2. The monoisotopic (exact) mass is 563 g/mol. The second kappa shape index (κ2) is 12.9. The molecule has 4 rings (SSSR count). The van der Waals surface area contributed by atoms with Crippen molar-refractivity contribution in [2.45, 2.75) is 90.0 Å². The molecule has 3 aromatic rings. The van der Waals surface area contributed by atoms with Gasteiger partial charge in [0.15, 0.2) is 5.82 Å². The molecular weight excluding hydrogens is 522 g/mol. The van der Waals surface area contributed by atoms with Crippen LogP contribution in [-0.2, 0) is 21.4 Å². The van der Waals surface area contributed by atoms with Gasteiger partial charge < -0.3 is 9.42 Å². The zero-order valence-electron chi connectivity index (χ0n) is 24.1. The Morgan fingerprint density at radius 1 is 1.07 bits per heavy atom. The average Bonchev–Trinajstić information content (AvgIpc) is 3.49. The summed E-state index contributed by atoms with van der Waals surface area (Å²) < 4.78 is 35.1. The van der Waals surface area contributed by atoms with Crippen molar-refractivity contribution in [3.05, 3.63) is 77.1 Å². The van der Waals surface area contributed by atoms with E-state index in [4.69, 9.17) is 4.52 Å². The van der Waals surface area contributed by atoms with E-state index in [2.05, 4.69) is 36.4 Å². The molecule has 1 aliphatic heterocycles. The number of aromatic nitrogens is 1. The van der Waals surface area contributed by atoms with Gasteiger partial charge in [0.25, 0.3) is 10.0 Å². The van der Waals surface area contributed by atoms with Crippen molar-refractivity contribution in [3.8, 4) is 11.1 Å². The van der Waals surface area contributed by atoms with Crippen molar-refractivity contribution in [3.63, 3.8) is 0 Å². The number of carbonyl (C=O) groups is 1. The van der Waals surface area contributed by atoms with Gasteiger partial charge in [-0.15, -0.1) is 6.58 Å². The summed E-state index contributed by atoms with van der Waals surface area (Å²) in [6, 6.07) is 11.1. The molecule has 0 aliphatic carbocycles. The van der Waals surface area contributed by atoms with E-state index < -0.39 is 10.0 Å². The van der Waals surface area contributed by atoms with Crippen molar-refractivity contribution >= 4 is 21.7 Å². The number of nitrogens with zero attached hydrogens (tertiary/aromatic N) is 2. The van der Waals surface area contributed by atoms with Crippen molar-refractivity contribution in [2.75, 3.05) is 11.3 Å². The van der Waals surface area contributed by atoms with Crippen LogP contribution >= 0.6 is 0 Å². The number of likely N-dealkylation sites (tertiary alicyclic amines) is 1. The third kappa shape index (κ3) is 6.33. The molecule has 8 heteroatoms. The highest BCUT2D eigenvalue weighted by molar-refractivity contribution is 7.92. The summed E-state index contributed by atoms with van der Waals surface area (Å²) in [5, 5.41) is 3.89. The maximum Gasteiger partial charge on any atom is 0.263 e. The van der Waals surface area contributed by atoms with E-state index in [-0.39, 0.29) is 22.5 Å². The molecule has 1 aromatic heterocycles. The van der Waals surface area contributed by atoms with E-state index in [9.17, 15) is 13.2 Å². The van der Waals surface area contributed by atoms with E-state index >= 15 is 0 Å². The fourth-order valence-corrected chi connectivity index (χ4v) is 6.78. The largest absolute Gasteiger partial charge is 0.359 e. The van der Waals surface area contributed by atoms with E-state index in [1.54, 1.807) is 26.0 Å². The van der Waals surface area contributed by atoms with Crippen LogP contribution in [0.4, 0.5) is 5.82 Å². The van der Waals surface area contributed by atoms with Crippen LogP contribution < -0.4 is 4.72 Å². The Morgan fingerprint density at radius 2 is 1.85 bits per heavy atom. The summed E-state index contributed by atoms with van der Waals surface area (Å²) in [7, 11) is -3.99. The van der Waals surface area contributed by atoms with Crippen LogP contribution in [0.1, 0.15) is 85.8 Å². The lowest BCUT2D eigenvalue weighted by atomic mass is 9.84.